The molecule has 0 bridgehead atoms. The van der Waals surface area contributed by atoms with Crippen LogP contribution in [0.15, 0.2) is 29.2 Å². The quantitative estimate of drug-likeness (QED) is 0.509. The molecule has 1 aliphatic carbocycles. The third-order valence-electron chi connectivity index (χ3n) is 6.69. The first-order chi connectivity index (χ1) is 16.3. The van der Waals surface area contributed by atoms with E-state index in [1.54, 1.807) is 7.11 Å². The predicted octanol–water partition coefficient (Wildman–Crippen LogP) is 5.17. The molecule has 0 amide bonds. The molecule has 7 nitrogen and oxygen atoms in total. The van der Waals surface area contributed by atoms with Crippen LogP contribution in [0.25, 0.3) is 11.3 Å². The number of carbonyl (C=O) groups is 1. The van der Waals surface area contributed by atoms with Crippen LogP contribution in [0.3, 0.4) is 0 Å². The molecule has 2 heterocycles. The predicted molar refractivity (Wildman–Crippen MR) is 135 cm³/mol. The normalized spacial score (nSPS) is 14.6. The lowest BCUT2D eigenvalue weighted by Crippen LogP contribution is -2.52. The van der Waals surface area contributed by atoms with Crippen molar-refractivity contribution in [2.75, 3.05) is 25.3 Å². The summed E-state index contributed by atoms with van der Waals surface area (Å²) < 4.78 is 13.2. The Hall–Kier alpha value is -2.80. The van der Waals surface area contributed by atoms with E-state index in [-0.39, 0.29) is 11.1 Å². The number of carboxylic acids is 1. The highest BCUT2D eigenvalue weighted by Gasteiger charge is 2.35. The van der Waals surface area contributed by atoms with Crippen LogP contribution >= 0.6 is 0 Å². The van der Waals surface area contributed by atoms with E-state index in [0.29, 0.717) is 25.7 Å². The van der Waals surface area contributed by atoms with Crippen molar-refractivity contribution in [1.82, 2.24) is 4.68 Å². The maximum absolute atomic E-state index is 12.6. The molecule has 1 N–H and O–H groups in total. The second-order valence-corrected chi connectivity index (χ2v) is 9.33. The standard InChI is InChI=1S/C25H32N2O5.C2H6/c1-5-25(2,3)27-14-17-11-23(32-10-6-9-31-4)19(16-7-8-16)12-18(17)21-13-22(28)20(24(29)30)15-26(21)27;1-2/h11-13,15-16H,5-10,14H2,1-4H3,(H,29,30);1-2H3. The zero-order chi connectivity index (χ0) is 25.0. The highest BCUT2D eigenvalue weighted by Crippen LogP contribution is 2.47. The fourth-order valence-corrected chi connectivity index (χ4v) is 4.24. The Morgan fingerprint density at radius 2 is 1.88 bits per heavy atom. The maximum Gasteiger partial charge on any atom is 0.341 e. The van der Waals surface area contributed by atoms with Crippen LogP contribution in [0.5, 0.6) is 5.75 Å². The minimum atomic E-state index is -1.20. The van der Waals surface area contributed by atoms with Gasteiger partial charge in [0.05, 0.1) is 24.4 Å². The van der Waals surface area contributed by atoms with Gasteiger partial charge in [0.1, 0.15) is 11.3 Å². The molecule has 1 aromatic carbocycles. The van der Waals surface area contributed by atoms with E-state index in [9.17, 15) is 14.7 Å². The van der Waals surface area contributed by atoms with Gasteiger partial charge in [-0.25, -0.2) is 4.79 Å². The molecule has 0 unspecified atom stereocenters. The fraction of sp³-hybridized carbons (Fsp3) is 0.556. The number of fused-ring (bicyclic) bond motifs is 3. The molecule has 1 aromatic heterocycles. The van der Waals surface area contributed by atoms with E-state index in [1.165, 1.54) is 17.8 Å². The second-order valence-electron chi connectivity index (χ2n) is 9.33. The topological polar surface area (TPSA) is 81.0 Å². The number of rotatable bonds is 9. The summed E-state index contributed by atoms with van der Waals surface area (Å²) in [5.41, 5.74) is 3.04. The van der Waals surface area contributed by atoms with Gasteiger partial charge in [-0.2, -0.15) is 0 Å². The summed E-state index contributed by atoms with van der Waals surface area (Å²) >= 11 is 0. The van der Waals surface area contributed by atoms with Crippen LogP contribution in [0.2, 0.25) is 0 Å². The summed E-state index contributed by atoms with van der Waals surface area (Å²) in [5.74, 6) is 0.180. The SMILES string of the molecule is CC.CCC(C)(C)N1Cc2cc(OCCCOC)c(C3CC3)cc2-c2cc(=O)c(C(=O)O)cn21. The van der Waals surface area contributed by atoms with E-state index in [4.69, 9.17) is 9.47 Å². The Bertz CT molecular complexity index is 1090. The van der Waals surface area contributed by atoms with Crippen LogP contribution in [0, 0.1) is 0 Å². The number of methoxy groups -OCH3 is 1. The van der Waals surface area contributed by atoms with Gasteiger partial charge in [0.25, 0.3) is 0 Å². The van der Waals surface area contributed by atoms with Crippen molar-refractivity contribution in [1.29, 1.82) is 0 Å². The second kappa shape index (κ2) is 10.6. The minimum Gasteiger partial charge on any atom is -0.493 e. The average molecular weight is 471 g/mol. The largest absolute Gasteiger partial charge is 0.493 e. The van der Waals surface area contributed by atoms with Crippen molar-refractivity contribution >= 4 is 5.97 Å². The van der Waals surface area contributed by atoms with Crippen molar-refractivity contribution in [3.63, 3.8) is 0 Å². The van der Waals surface area contributed by atoms with Crippen LogP contribution in [0.4, 0.5) is 0 Å². The lowest BCUT2D eigenvalue weighted by molar-refractivity contribution is 0.0694. The monoisotopic (exact) mass is 470 g/mol. The van der Waals surface area contributed by atoms with E-state index >= 15 is 0 Å². The molecule has 1 saturated carbocycles. The molecule has 1 aliphatic heterocycles. The Morgan fingerprint density at radius 3 is 2.47 bits per heavy atom. The molecule has 0 saturated heterocycles. The zero-order valence-corrected chi connectivity index (χ0v) is 21.3. The molecule has 0 atom stereocenters. The minimum absolute atomic E-state index is 0.213. The summed E-state index contributed by atoms with van der Waals surface area (Å²) in [6.07, 6.45) is 5.42. The molecule has 1 fully saturated rings. The number of aromatic carboxylic acids is 1. The molecule has 2 aliphatic rings. The Labute approximate surface area is 202 Å². The number of benzene rings is 1. The van der Waals surface area contributed by atoms with E-state index in [2.05, 4.69) is 37.9 Å². The third-order valence-corrected chi connectivity index (χ3v) is 6.69. The van der Waals surface area contributed by atoms with Crippen LogP contribution in [-0.4, -0.2) is 41.6 Å². The summed E-state index contributed by atoms with van der Waals surface area (Å²) in [7, 11) is 1.69. The lowest BCUT2D eigenvalue weighted by atomic mass is 9.93. The smallest absolute Gasteiger partial charge is 0.341 e. The van der Waals surface area contributed by atoms with Gasteiger partial charge in [0.15, 0.2) is 5.43 Å². The molecule has 7 heteroatoms. The van der Waals surface area contributed by atoms with E-state index in [1.807, 2.05) is 18.5 Å². The van der Waals surface area contributed by atoms with Crippen molar-refractivity contribution in [3.8, 4) is 17.0 Å². The van der Waals surface area contributed by atoms with Gasteiger partial charge in [0, 0.05) is 38.0 Å². The van der Waals surface area contributed by atoms with Gasteiger partial charge in [-0.1, -0.05) is 20.8 Å². The van der Waals surface area contributed by atoms with Gasteiger partial charge >= 0.3 is 5.97 Å². The first-order valence-corrected chi connectivity index (χ1v) is 12.3. The van der Waals surface area contributed by atoms with Crippen LogP contribution in [-0.2, 0) is 11.3 Å². The van der Waals surface area contributed by atoms with Gasteiger partial charge in [-0.05, 0) is 62.3 Å². The fourth-order valence-electron chi connectivity index (χ4n) is 4.24. The van der Waals surface area contributed by atoms with Crippen LogP contribution < -0.4 is 15.2 Å². The summed E-state index contributed by atoms with van der Waals surface area (Å²) in [6.45, 7) is 12.2. The molecule has 2 aromatic rings. The summed E-state index contributed by atoms with van der Waals surface area (Å²) in [6, 6.07) is 5.74. The molecular formula is C27H38N2O5. The molecule has 34 heavy (non-hydrogen) atoms. The van der Waals surface area contributed by atoms with E-state index < -0.39 is 11.4 Å². The number of carboxylic acid groups (broad SMARTS) is 1. The number of hydrogen-bond acceptors (Lipinski definition) is 5. The first kappa shape index (κ1) is 25.8. The van der Waals surface area contributed by atoms with Crippen LogP contribution in [0.1, 0.15) is 87.7 Å². The molecule has 0 spiro atoms. The summed E-state index contributed by atoms with van der Waals surface area (Å²) in [4.78, 5) is 24.3. The van der Waals surface area contributed by atoms with Crippen molar-refractivity contribution in [3.05, 3.63) is 51.3 Å². The van der Waals surface area contributed by atoms with Gasteiger partial charge in [-0.15, -0.1) is 0 Å². The highest BCUT2D eigenvalue weighted by molar-refractivity contribution is 5.88. The number of hydrogen-bond donors (Lipinski definition) is 1. The van der Waals surface area contributed by atoms with Gasteiger partial charge in [0.2, 0.25) is 0 Å². The maximum atomic E-state index is 12.6. The average Bonchev–Trinajstić information content (AvgIpc) is 3.67. The van der Waals surface area contributed by atoms with Crippen molar-refractivity contribution < 1.29 is 19.4 Å². The highest BCUT2D eigenvalue weighted by atomic mass is 16.5. The number of nitrogens with zero attached hydrogens (tertiary/aromatic N) is 2. The summed E-state index contributed by atoms with van der Waals surface area (Å²) in [5, 5.41) is 11.7. The Morgan fingerprint density at radius 1 is 1.18 bits per heavy atom. The molecular weight excluding hydrogens is 432 g/mol. The molecule has 0 radical (unpaired) electrons. The Balaban J connectivity index is 0.00000158. The zero-order valence-electron chi connectivity index (χ0n) is 21.3. The lowest BCUT2D eigenvalue weighted by Gasteiger charge is -2.45. The van der Waals surface area contributed by atoms with E-state index in [0.717, 1.165) is 48.3 Å². The number of aromatic nitrogens is 1. The number of ether oxygens (including phenoxy) is 2. The molecule has 4 rings (SSSR count). The van der Waals surface area contributed by atoms with Crippen molar-refractivity contribution in [2.45, 2.75) is 78.3 Å². The third kappa shape index (κ3) is 5.14. The van der Waals surface area contributed by atoms with Crippen molar-refractivity contribution in [2.24, 2.45) is 0 Å². The van der Waals surface area contributed by atoms with Gasteiger partial charge < -0.3 is 19.6 Å². The number of pyridine rings is 1. The Kier molecular flexibility index (Phi) is 8.08. The first-order valence-electron chi connectivity index (χ1n) is 12.3. The molecule has 186 valence electrons. The van der Waals surface area contributed by atoms with Gasteiger partial charge in [-0.3, -0.25) is 9.47 Å².